The van der Waals surface area contributed by atoms with Gasteiger partial charge >= 0.3 is 18.4 Å². The molecule has 0 saturated carbocycles. The molecule has 6 aromatic heterocycles. The van der Waals surface area contributed by atoms with E-state index in [0.717, 1.165) is 56.6 Å². The van der Waals surface area contributed by atoms with Crippen molar-refractivity contribution < 1.29 is 75.0 Å². The van der Waals surface area contributed by atoms with E-state index in [1.54, 1.807) is 152 Å². The van der Waals surface area contributed by atoms with Crippen LogP contribution in [-0.4, -0.2) is 207 Å². The number of methoxy groups -OCH3 is 3. The molecule has 0 spiro atoms. The molecule has 9 heterocycles. The second-order valence-electron chi connectivity index (χ2n) is 27.1. The molecule has 12 rings (SSSR count). The van der Waals surface area contributed by atoms with E-state index in [1.807, 2.05) is 53.7 Å². The van der Waals surface area contributed by atoms with Crippen LogP contribution in [0.1, 0.15) is 116 Å². The number of nitrogens with one attached hydrogen (secondary N) is 2. The van der Waals surface area contributed by atoms with Crippen LogP contribution in [0.4, 0.5) is 39.8 Å². The first-order valence-electron chi connectivity index (χ1n) is 36.1. The highest BCUT2D eigenvalue weighted by atomic mass is 35.5. The summed E-state index contributed by atoms with van der Waals surface area (Å²) < 4.78 is 76.5. The first-order chi connectivity index (χ1) is 55.5. The van der Waals surface area contributed by atoms with E-state index in [9.17, 15) is 32.3 Å². The number of rotatable bonds is 21. The Bertz CT molecular complexity index is 4540. The second kappa shape index (κ2) is 49.9. The number of anilines is 3. The lowest BCUT2D eigenvalue weighted by Gasteiger charge is -2.32. The number of alkyl halides is 7. The molecule has 0 aliphatic carbocycles. The number of aromatic nitrogens is 12. The number of ether oxygens (including phenoxy) is 8. The van der Waals surface area contributed by atoms with Crippen molar-refractivity contribution in [1.29, 1.82) is 0 Å². The summed E-state index contributed by atoms with van der Waals surface area (Å²) in [5.41, 5.74) is 2.27. The third-order valence-electron chi connectivity index (χ3n) is 16.5. The highest BCUT2D eigenvalue weighted by Crippen LogP contribution is 2.38. The fraction of sp³-hybridized carbons (Fsp3) is 0.420. The van der Waals surface area contributed by atoms with E-state index < -0.39 is 29.8 Å². The maximum atomic E-state index is 12.9. The van der Waals surface area contributed by atoms with Crippen molar-refractivity contribution in [3.05, 3.63) is 148 Å². The van der Waals surface area contributed by atoms with Gasteiger partial charge in [-0.1, -0.05) is 22.3 Å². The fourth-order valence-electron chi connectivity index (χ4n) is 11.3. The summed E-state index contributed by atoms with van der Waals surface area (Å²) in [4.78, 5) is 118. The Morgan fingerprint density at radius 1 is 0.496 bits per heavy atom. The van der Waals surface area contributed by atoms with Gasteiger partial charge in [0, 0.05) is 89.8 Å². The average molecular weight is 1740 g/mol. The fourth-order valence-corrected chi connectivity index (χ4v) is 11.3. The molecule has 119 heavy (non-hydrogen) atoms. The Morgan fingerprint density at radius 2 is 0.824 bits per heavy atom. The summed E-state index contributed by atoms with van der Waals surface area (Å²) in [6.07, 6.45) is 17.9. The summed E-state index contributed by atoms with van der Waals surface area (Å²) in [5, 5.41) is 7.18. The van der Waals surface area contributed by atoms with Crippen LogP contribution in [0.3, 0.4) is 0 Å². The predicted octanol–water partition coefficient (Wildman–Crippen LogP) is 17.4. The zero-order valence-corrected chi connectivity index (χ0v) is 68.7. The Morgan fingerprint density at radius 3 is 1.16 bits per heavy atom. The minimum absolute atomic E-state index is 0. The van der Waals surface area contributed by atoms with E-state index >= 15 is 0 Å². The van der Waals surface area contributed by atoms with E-state index in [1.165, 1.54) is 37.7 Å². The average Bonchev–Trinajstić information content (AvgIpc) is 1.61. The lowest BCUT2D eigenvalue weighted by atomic mass is 10.2. The molecule has 3 atom stereocenters. The van der Waals surface area contributed by atoms with E-state index in [0.29, 0.717) is 106 Å². The van der Waals surface area contributed by atoms with Crippen LogP contribution in [0.25, 0.3) is 34.2 Å². The molecular formula is C81H103Cl4F3N18O13. The minimum Gasteiger partial charge on any atom is -0.497 e. The predicted molar refractivity (Wildman–Crippen MR) is 451 cm³/mol. The number of carbonyl (C=O) groups is 5. The molecule has 3 saturated heterocycles. The number of likely N-dealkylation sites (tertiary alicyclic amines) is 2. The quantitative estimate of drug-likeness (QED) is 0.0498. The molecule has 3 aromatic carbocycles. The van der Waals surface area contributed by atoms with Crippen LogP contribution >= 0.6 is 46.4 Å². The highest BCUT2D eigenvalue weighted by molar-refractivity contribution is 6.41. The number of hydrogen-bond donors (Lipinski definition) is 2. The van der Waals surface area contributed by atoms with Gasteiger partial charge in [-0.05, 0) is 159 Å². The Hall–Kier alpha value is -11.2. The van der Waals surface area contributed by atoms with Crippen molar-refractivity contribution in [2.45, 2.75) is 152 Å². The molecule has 31 nitrogen and oxygen atoms in total. The topological polar surface area (TPSA) is 351 Å². The molecule has 4 amide bonds. The molecule has 38 heteroatoms. The number of benzene rings is 3. The Balaban J connectivity index is 0.000000347. The van der Waals surface area contributed by atoms with E-state index in [-0.39, 0.29) is 87.3 Å². The second-order valence-corrected chi connectivity index (χ2v) is 28.7. The van der Waals surface area contributed by atoms with Gasteiger partial charge in [0.25, 0.3) is 0 Å². The molecule has 0 bridgehead atoms. The van der Waals surface area contributed by atoms with Crippen LogP contribution in [0.15, 0.2) is 148 Å². The zero-order valence-electron chi connectivity index (χ0n) is 65.7. The molecule has 3 fully saturated rings. The van der Waals surface area contributed by atoms with Crippen molar-refractivity contribution in [3.63, 3.8) is 0 Å². The summed E-state index contributed by atoms with van der Waals surface area (Å²) in [6, 6.07) is 21.4. The standard InChI is InChI=1S/C27H32N6O5.C25H30N6O4.C22H24N6O3.C2HF3O.2CH2Cl2.3CH4/c1-18(34)33(16-20-7-6-12-32(20)26(35)38-27(2,3)4)23-15-30-24(19-13-28-17-29-14-19)31-25(23)37-22-10-8-21(36-5)9-11-22;1-25(2,3)35-24(32)31-11-5-6-18(31)14-28-21-15-29-22(17-12-26-16-27-13-17)30-23(21)34-20-9-7-19(33-4)8-10-20;1-15(29)28(13-17-4-3-9-25-17)20-12-26-21(16-10-23-14-24-11-16)27-22(20)31-19-7-5-18(30-2)6-8-19;3-2(4,5)1-6;2*2-1-3;;;/h8-11,13-15,17,20H,6-7,12,16H2,1-5H3;7-10,12-13,15-16,18,28H,5-6,11,14H2,1-4H3;5-8,10-12,14,17,25H,3-4,9,13H2,1-2H3;1H;2*1H2;3*1H4/t20-;18-;17-;;;;;;/m000....../s1. The number of nitrogens with zero attached hydrogens (tertiary/aromatic N) is 16. The largest absolute Gasteiger partial charge is 0.497 e. The van der Waals surface area contributed by atoms with Crippen LogP contribution in [0, 0.1) is 0 Å². The van der Waals surface area contributed by atoms with Gasteiger partial charge in [0.1, 0.15) is 81.7 Å². The SMILES string of the molecule is C.C.C.COc1ccc(Oc2nc(-c3cncnc3)ncc2N(C[C@@H]2CCCN2)C(C)=O)cc1.COc1ccc(Oc2nc(-c3cncnc3)ncc2N(C[C@@H]2CCCN2C(=O)OC(C)(C)C)C(C)=O)cc1.COc1ccc(Oc2nc(-c3cncnc3)ncc2NC[C@@H]2CCCN2C(=O)OC(C)(C)C)cc1.ClCCl.ClCCl.O=CC(F)(F)F. The molecule has 644 valence electrons. The number of aldehydes is 1. The Labute approximate surface area is 711 Å². The minimum atomic E-state index is -4.64. The molecule has 0 radical (unpaired) electrons. The van der Waals surface area contributed by atoms with Gasteiger partial charge in [0.15, 0.2) is 17.5 Å². The summed E-state index contributed by atoms with van der Waals surface area (Å²) in [6.45, 7) is 17.5. The van der Waals surface area contributed by atoms with Crippen molar-refractivity contribution in [3.8, 4) is 86.3 Å². The van der Waals surface area contributed by atoms with Crippen LogP contribution in [0.5, 0.6) is 52.1 Å². The van der Waals surface area contributed by atoms with Gasteiger partial charge in [-0.2, -0.15) is 28.1 Å². The van der Waals surface area contributed by atoms with Gasteiger partial charge in [-0.3, -0.25) is 14.4 Å². The summed E-state index contributed by atoms with van der Waals surface area (Å²) in [5.74, 6) is 5.46. The van der Waals surface area contributed by atoms with E-state index in [2.05, 4.69) is 70.4 Å². The van der Waals surface area contributed by atoms with Gasteiger partial charge in [-0.15, -0.1) is 46.4 Å². The summed E-state index contributed by atoms with van der Waals surface area (Å²) in [7, 11) is 4.80. The maximum Gasteiger partial charge on any atom is 0.446 e. The van der Waals surface area contributed by atoms with Gasteiger partial charge in [0.2, 0.25) is 35.7 Å². The number of halogens is 7. The van der Waals surface area contributed by atoms with Gasteiger partial charge < -0.3 is 68.1 Å². The normalized spacial score (nSPS) is 14.3. The van der Waals surface area contributed by atoms with E-state index in [4.69, 9.17) is 89.1 Å². The third-order valence-corrected chi connectivity index (χ3v) is 16.5. The van der Waals surface area contributed by atoms with Crippen molar-refractivity contribution >= 4 is 93.8 Å². The number of carbonyl (C=O) groups excluding carboxylic acids is 5. The van der Waals surface area contributed by atoms with Crippen molar-refractivity contribution in [1.82, 2.24) is 74.9 Å². The molecule has 3 aliphatic heterocycles. The third kappa shape index (κ3) is 32.9. The monoisotopic (exact) mass is 1730 g/mol. The molecule has 0 unspecified atom stereocenters. The number of hydrogen-bond acceptors (Lipinski definition) is 27. The van der Waals surface area contributed by atoms with Crippen LogP contribution in [0.2, 0.25) is 0 Å². The van der Waals surface area contributed by atoms with Crippen molar-refractivity contribution in [2.24, 2.45) is 0 Å². The van der Waals surface area contributed by atoms with Crippen LogP contribution < -0.4 is 48.9 Å². The lowest BCUT2D eigenvalue weighted by molar-refractivity contribution is -0.156. The van der Waals surface area contributed by atoms with Crippen LogP contribution in [-0.2, 0) is 23.9 Å². The molecule has 9 aromatic rings. The highest BCUT2D eigenvalue weighted by Gasteiger charge is 2.37. The smallest absolute Gasteiger partial charge is 0.446 e. The summed E-state index contributed by atoms with van der Waals surface area (Å²) >= 11 is 19.1. The number of amides is 4. The maximum absolute atomic E-state index is 12.9. The van der Waals surface area contributed by atoms with Gasteiger partial charge in [-0.25, -0.2) is 54.4 Å². The molecule has 2 N–H and O–H groups in total. The van der Waals surface area contributed by atoms with Crippen molar-refractivity contribution in [2.75, 3.05) is 86.4 Å². The first kappa shape index (κ1) is 100. The Kier molecular flexibility index (Phi) is 42.0. The molecular weight excluding hydrogens is 1630 g/mol. The van der Waals surface area contributed by atoms with Gasteiger partial charge in [0.05, 0.1) is 79.4 Å². The lowest BCUT2D eigenvalue weighted by Crippen LogP contribution is -2.46. The molecule has 3 aliphatic rings. The first-order valence-corrected chi connectivity index (χ1v) is 38.3. The zero-order chi connectivity index (χ0) is 84.4.